The maximum atomic E-state index is 12.2. The molecule has 1 aromatic heterocycles. The first-order chi connectivity index (χ1) is 9.38. The number of sulfonamides is 1. The van der Waals surface area contributed by atoms with Crippen LogP contribution in [-0.2, 0) is 10.0 Å². The number of aromatic nitrogens is 1. The standard InChI is InChI=1S/C14H15BrN2O2S/c1-10(2)11-3-5-13(6-4-11)17-20(18,19)14-7-12(15)8-16-9-14/h3-10,17H,1-2H3. The molecular weight excluding hydrogens is 340 g/mol. The first-order valence-electron chi connectivity index (χ1n) is 6.12. The van der Waals surface area contributed by atoms with Gasteiger partial charge in [-0.15, -0.1) is 0 Å². The Labute approximate surface area is 127 Å². The predicted octanol–water partition coefficient (Wildman–Crippen LogP) is 3.77. The fourth-order valence-corrected chi connectivity index (χ4v) is 3.25. The summed E-state index contributed by atoms with van der Waals surface area (Å²) in [4.78, 5) is 3.99. The van der Waals surface area contributed by atoms with Crippen molar-refractivity contribution >= 4 is 31.6 Å². The number of nitrogens with zero attached hydrogens (tertiary/aromatic N) is 1. The molecule has 1 heterocycles. The van der Waals surface area contributed by atoms with E-state index in [0.717, 1.165) is 5.56 Å². The van der Waals surface area contributed by atoms with Crippen LogP contribution in [0.2, 0.25) is 0 Å². The Hall–Kier alpha value is -1.40. The highest BCUT2D eigenvalue weighted by Gasteiger charge is 2.15. The first kappa shape index (κ1) is 15.0. The minimum atomic E-state index is -3.61. The maximum absolute atomic E-state index is 12.2. The highest BCUT2D eigenvalue weighted by molar-refractivity contribution is 9.10. The van der Waals surface area contributed by atoms with E-state index in [1.807, 2.05) is 12.1 Å². The van der Waals surface area contributed by atoms with Crippen molar-refractivity contribution in [2.24, 2.45) is 0 Å². The van der Waals surface area contributed by atoms with Crippen LogP contribution >= 0.6 is 15.9 Å². The van der Waals surface area contributed by atoms with Crippen LogP contribution in [0.5, 0.6) is 0 Å². The zero-order valence-electron chi connectivity index (χ0n) is 11.2. The number of anilines is 1. The number of nitrogens with one attached hydrogen (secondary N) is 1. The highest BCUT2D eigenvalue weighted by Crippen LogP contribution is 2.21. The quantitative estimate of drug-likeness (QED) is 0.908. The Morgan fingerprint density at radius 2 is 1.80 bits per heavy atom. The van der Waals surface area contributed by atoms with Gasteiger partial charge in [-0.25, -0.2) is 8.42 Å². The van der Waals surface area contributed by atoms with Gasteiger partial charge in [0.15, 0.2) is 0 Å². The molecule has 4 nitrogen and oxygen atoms in total. The number of rotatable bonds is 4. The van der Waals surface area contributed by atoms with Gasteiger partial charge in [-0.2, -0.15) is 0 Å². The lowest BCUT2D eigenvalue weighted by Gasteiger charge is -2.10. The molecule has 106 valence electrons. The normalized spacial score (nSPS) is 11.6. The molecule has 0 fully saturated rings. The molecule has 0 amide bonds. The van der Waals surface area contributed by atoms with Crippen molar-refractivity contribution in [2.75, 3.05) is 4.72 Å². The van der Waals surface area contributed by atoms with Crippen molar-refractivity contribution in [1.82, 2.24) is 4.98 Å². The van der Waals surface area contributed by atoms with Gasteiger partial charge in [-0.1, -0.05) is 26.0 Å². The molecule has 20 heavy (non-hydrogen) atoms. The third-order valence-electron chi connectivity index (χ3n) is 2.82. The summed E-state index contributed by atoms with van der Waals surface area (Å²) in [5.41, 5.74) is 1.70. The average Bonchev–Trinajstić information content (AvgIpc) is 2.39. The Kier molecular flexibility index (Phi) is 4.45. The highest BCUT2D eigenvalue weighted by atomic mass is 79.9. The Morgan fingerprint density at radius 1 is 1.15 bits per heavy atom. The van der Waals surface area contributed by atoms with Crippen molar-refractivity contribution < 1.29 is 8.42 Å². The van der Waals surface area contributed by atoms with Crippen LogP contribution in [0, 0.1) is 0 Å². The maximum Gasteiger partial charge on any atom is 0.263 e. The molecule has 0 aliphatic heterocycles. The third-order valence-corrected chi connectivity index (χ3v) is 4.60. The lowest BCUT2D eigenvalue weighted by Crippen LogP contribution is -2.13. The summed E-state index contributed by atoms with van der Waals surface area (Å²) in [6.07, 6.45) is 2.85. The molecule has 0 saturated carbocycles. The molecule has 1 N–H and O–H groups in total. The van der Waals surface area contributed by atoms with Gasteiger partial charge < -0.3 is 0 Å². The summed E-state index contributed by atoms with van der Waals surface area (Å²) in [6.45, 7) is 4.18. The Bertz CT molecular complexity index is 697. The second kappa shape index (κ2) is 5.93. The van der Waals surface area contributed by atoms with Crippen LogP contribution in [0.3, 0.4) is 0 Å². The Morgan fingerprint density at radius 3 is 2.35 bits per heavy atom. The van der Waals surface area contributed by atoms with Crippen LogP contribution in [0.15, 0.2) is 52.1 Å². The molecule has 0 unspecified atom stereocenters. The molecule has 0 bridgehead atoms. The largest absolute Gasteiger partial charge is 0.280 e. The van der Waals surface area contributed by atoms with Crippen molar-refractivity contribution in [3.8, 4) is 0 Å². The van der Waals surface area contributed by atoms with E-state index in [1.54, 1.807) is 12.1 Å². The van der Waals surface area contributed by atoms with Crippen LogP contribution < -0.4 is 4.72 Å². The number of hydrogen-bond donors (Lipinski definition) is 1. The predicted molar refractivity (Wildman–Crippen MR) is 83.3 cm³/mol. The van der Waals surface area contributed by atoms with E-state index < -0.39 is 10.0 Å². The number of halogens is 1. The van der Waals surface area contributed by atoms with E-state index in [2.05, 4.69) is 39.5 Å². The van der Waals surface area contributed by atoms with Crippen molar-refractivity contribution in [3.63, 3.8) is 0 Å². The molecule has 0 saturated heterocycles. The number of pyridine rings is 1. The average molecular weight is 355 g/mol. The summed E-state index contributed by atoms with van der Waals surface area (Å²) in [5, 5.41) is 0. The Balaban J connectivity index is 2.24. The second-order valence-corrected chi connectivity index (χ2v) is 7.32. The van der Waals surface area contributed by atoms with E-state index in [4.69, 9.17) is 0 Å². The van der Waals surface area contributed by atoms with E-state index in [9.17, 15) is 8.42 Å². The van der Waals surface area contributed by atoms with E-state index >= 15 is 0 Å². The summed E-state index contributed by atoms with van der Waals surface area (Å²) < 4.78 is 27.6. The fraction of sp³-hybridized carbons (Fsp3) is 0.214. The molecule has 1 aromatic carbocycles. The smallest absolute Gasteiger partial charge is 0.263 e. The van der Waals surface area contributed by atoms with Gasteiger partial charge in [-0.05, 0) is 45.6 Å². The monoisotopic (exact) mass is 354 g/mol. The van der Waals surface area contributed by atoms with E-state index in [-0.39, 0.29) is 4.90 Å². The molecule has 0 radical (unpaired) electrons. The summed E-state index contributed by atoms with van der Waals surface area (Å²) in [7, 11) is -3.61. The van der Waals surface area contributed by atoms with E-state index in [0.29, 0.717) is 16.1 Å². The molecule has 2 rings (SSSR count). The van der Waals surface area contributed by atoms with E-state index in [1.165, 1.54) is 18.5 Å². The molecule has 0 aliphatic rings. The SMILES string of the molecule is CC(C)c1ccc(NS(=O)(=O)c2cncc(Br)c2)cc1. The minimum Gasteiger partial charge on any atom is -0.280 e. The van der Waals surface area contributed by atoms with Gasteiger partial charge in [0, 0.05) is 22.6 Å². The van der Waals surface area contributed by atoms with Gasteiger partial charge in [0.05, 0.1) is 0 Å². The zero-order valence-corrected chi connectivity index (χ0v) is 13.6. The summed E-state index contributed by atoms with van der Waals surface area (Å²) in [6, 6.07) is 8.87. The molecule has 0 spiro atoms. The van der Waals surface area contributed by atoms with Crippen LogP contribution in [0.25, 0.3) is 0 Å². The lowest BCUT2D eigenvalue weighted by atomic mass is 10.0. The first-order valence-corrected chi connectivity index (χ1v) is 8.39. The van der Waals surface area contributed by atoms with Gasteiger partial charge in [-0.3, -0.25) is 9.71 Å². The van der Waals surface area contributed by atoms with Crippen molar-refractivity contribution in [2.45, 2.75) is 24.7 Å². The van der Waals surface area contributed by atoms with Crippen LogP contribution in [0.1, 0.15) is 25.3 Å². The van der Waals surface area contributed by atoms with Crippen LogP contribution in [-0.4, -0.2) is 13.4 Å². The van der Waals surface area contributed by atoms with Crippen molar-refractivity contribution in [3.05, 3.63) is 52.8 Å². The number of benzene rings is 1. The molecule has 0 atom stereocenters. The van der Waals surface area contributed by atoms with Gasteiger partial charge in [0.2, 0.25) is 0 Å². The minimum absolute atomic E-state index is 0.125. The fourth-order valence-electron chi connectivity index (χ4n) is 1.69. The van der Waals surface area contributed by atoms with Gasteiger partial charge in [0.1, 0.15) is 4.90 Å². The summed E-state index contributed by atoms with van der Waals surface area (Å²) in [5.74, 6) is 0.412. The zero-order chi connectivity index (χ0) is 14.8. The topological polar surface area (TPSA) is 59.1 Å². The second-order valence-electron chi connectivity index (χ2n) is 4.72. The molecule has 2 aromatic rings. The molecule has 6 heteroatoms. The van der Waals surface area contributed by atoms with Crippen LogP contribution in [0.4, 0.5) is 5.69 Å². The van der Waals surface area contributed by atoms with Crippen molar-refractivity contribution in [1.29, 1.82) is 0 Å². The number of hydrogen-bond acceptors (Lipinski definition) is 3. The molecule has 0 aliphatic carbocycles. The lowest BCUT2D eigenvalue weighted by molar-refractivity contribution is 0.600. The molecular formula is C14H15BrN2O2S. The van der Waals surface area contributed by atoms with Gasteiger partial charge >= 0.3 is 0 Å². The summed E-state index contributed by atoms with van der Waals surface area (Å²) >= 11 is 3.21. The van der Waals surface area contributed by atoms with Gasteiger partial charge in [0.25, 0.3) is 10.0 Å². The third kappa shape index (κ3) is 3.58.